The number of anilines is 2. The fraction of sp³-hybridized carbons (Fsp3) is 0.412. The van der Waals surface area contributed by atoms with E-state index in [4.69, 9.17) is 0 Å². The molecule has 4 heteroatoms. The van der Waals surface area contributed by atoms with Crippen LogP contribution in [0.3, 0.4) is 0 Å². The summed E-state index contributed by atoms with van der Waals surface area (Å²) in [6, 6.07) is 12.6. The number of aromatic nitrogens is 2. The van der Waals surface area contributed by atoms with E-state index < -0.39 is 0 Å². The number of hydrogen-bond donors (Lipinski definition) is 1. The first-order valence-corrected chi connectivity index (χ1v) is 7.72. The topological polar surface area (TPSA) is 41.1 Å². The molecule has 1 unspecified atom stereocenters. The van der Waals surface area contributed by atoms with E-state index >= 15 is 0 Å². The average Bonchev–Trinajstić information content (AvgIpc) is 2.57. The number of rotatable bonds is 4. The number of benzene rings is 1. The molecule has 21 heavy (non-hydrogen) atoms. The molecule has 1 fully saturated rings. The zero-order valence-electron chi connectivity index (χ0n) is 12.5. The summed E-state index contributed by atoms with van der Waals surface area (Å²) in [5.74, 6) is 1.74. The lowest BCUT2D eigenvalue weighted by atomic mass is 10.1. The first-order valence-electron chi connectivity index (χ1n) is 7.72. The molecular weight excluding hydrogens is 260 g/mol. The summed E-state index contributed by atoms with van der Waals surface area (Å²) in [5.41, 5.74) is 1.26. The van der Waals surface area contributed by atoms with Gasteiger partial charge in [0.05, 0.1) is 0 Å². The maximum absolute atomic E-state index is 4.67. The molecule has 0 aliphatic carbocycles. The summed E-state index contributed by atoms with van der Waals surface area (Å²) in [6.07, 6.45) is 5.64. The summed E-state index contributed by atoms with van der Waals surface area (Å²) in [6.45, 7) is 4.29. The van der Waals surface area contributed by atoms with Gasteiger partial charge in [-0.2, -0.15) is 4.98 Å². The van der Waals surface area contributed by atoms with Gasteiger partial charge in [-0.1, -0.05) is 30.3 Å². The van der Waals surface area contributed by atoms with E-state index in [1.807, 2.05) is 18.3 Å². The highest BCUT2D eigenvalue weighted by Gasteiger charge is 2.14. The van der Waals surface area contributed by atoms with Gasteiger partial charge in [0.1, 0.15) is 5.82 Å². The molecule has 1 aliphatic heterocycles. The first-order chi connectivity index (χ1) is 10.3. The van der Waals surface area contributed by atoms with E-state index in [0.717, 1.165) is 24.9 Å². The molecule has 1 aliphatic rings. The molecule has 0 bridgehead atoms. The van der Waals surface area contributed by atoms with E-state index in [9.17, 15) is 0 Å². The van der Waals surface area contributed by atoms with Crippen LogP contribution in [0.2, 0.25) is 0 Å². The van der Waals surface area contributed by atoms with Crippen molar-refractivity contribution < 1.29 is 0 Å². The number of piperidine rings is 1. The van der Waals surface area contributed by atoms with Crippen molar-refractivity contribution in [1.29, 1.82) is 0 Å². The lowest BCUT2D eigenvalue weighted by molar-refractivity contribution is 0.568. The summed E-state index contributed by atoms with van der Waals surface area (Å²) >= 11 is 0. The zero-order chi connectivity index (χ0) is 14.5. The quantitative estimate of drug-likeness (QED) is 0.929. The number of nitrogens with zero attached hydrogens (tertiary/aromatic N) is 3. The third-order valence-corrected chi connectivity index (χ3v) is 3.95. The van der Waals surface area contributed by atoms with Crippen molar-refractivity contribution >= 4 is 11.8 Å². The lowest BCUT2D eigenvalue weighted by Gasteiger charge is -2.27. The molecule has 1 saturated heterocycles. The van der Waals surface area contributed by atoms with Crippen molar-refractivity contribution in [3.63, 3.8) is 0 Å². The van der Waals surface area contributed by atoms with Gasteiger partial charge in [-0.15, -0.1) is 0 Å². The predicted molar refractivity (Wildman–Crippen MR) is 86.6 cm³/mol. The molecule has 110 valence electrons. The van der Waals surface area contributed by atoms with Gasteiger partial charge >= 0.3 is 0 Å². The molecule has 2 heterocycles. The first kappa shape index (κ1) is 13.9. The smallest absolute Gasteiger partial charge is 0.227 e. The molecule has 0 radical (unpaired) electrons. The van der Waals surface area contributed by atoms with Crippen LogP contribution in [-0.4, -0.2) is 23.1 Å². The fourth-order valence-corrected chi connectivity index (χ4v) is 2.72. The Hall–Kier alpha value is -2.10. The van der Waals surface area contributed by atoms with Crippen molar-refractivity contribution in [2.45, 2.75) is 32.2 Å². The second-order valence-electron chi connectivity index (χ2n) is 5.57. The Morgan fingerprint density at radius 2 is 1.81 bits per heavy atom. The molecule has 1 aromatic carbocycles. The van der Waals surface area contributed by atoms with Gasteiger partial charge in [0, 0.05) is 25.3 Å². The van der Waals surface area contributed by atoms with Gasteiger partial charge in [0.25, 0.3) is 0 Å². The van der Waals surface area contributed by atoms with E-state index in [0.29, 0.717) is 0 Å². The molecule has 1 N–H and O–H groups in total. The third kappa shape index (κ3) is 3.51. The Kier molecular flexibility index (Phi) is 4.34. The van der Waals surface area contributed by atoms with Crippen LogP contribution in [0.25, 0.3) is 0 Å². The highest BCUT2D eigenvalue weighted by atomic mass is 15.3. The molecule has 0 saturated carbocycles. The van der Waals surface area contributed by atoms with E-state index in [-0.39, 0.29) is 6.04 Å². The van der Waals surface area contributed by atoms with E-state index in [1.54, 1.807) is 0 Å². The molecule has 1 aromatic heterocycles. The monoisotopic (exact) mass is 282 g/mol. The largest absolute Gasteiger partial charge is 0.363 e. The second kappa shape index (κ2) is 6.57. The second-order valence-corrected chi connectivity index (χ2v) is 5.57. The van der Waals surface area contributed by atoms with Crippen LogP contribution in [0.15, 0.2) is 42.6 Å². The lowest BCUT2D eigenvalue weighted by Crippen LogP contribution is -2.31. The molecule has 2 aromatic rings. The Morgan fingerprint density at radius 3 is 2.57 bits per heavy atom. The summed E-state index contributed by atoms with van der Waals surface area (Å²) in [7, 11) is 0. The van der Waals surface area contributed by atoms with Crippen molar-refractivity contribution in [2.24, 2.45) is 0 Å². The Balaban J connectivity index is 1.71. The van der Waals surface area contributed by atoms with Gasteiger partial charge < -0.3 is 10.2 Å². The Morgan fingerprint density at radius 1 is 1.05 bits per heavy atom. The van der Waals surface area contributed by atoms with E-state index in [1.165, 1.54) is 24.8 Å². The van der Waals surface area contributed by atoms with Crippen molar-refractivity contribution in [3.05, 3.63) is 48.2 Å². The molecular formula is C17H22N4. The maximum atomic E-state index is 4.67. The predicted octanol–water partition coefficient (Wildman–Crippen LogP) is 3.64. The molecule has 4 nitrogen and oxygen atoms in total. The Bertz CT molecular complexity index is 564. The van der Waals surface area contributed by atoms with Crippen molar-refractivity contribution in [3.8, 4) is 0 Å². The van der Waals surface area contributed by atoms with Crippen LogP contribution in [0.4, 0.5) is 11.8 Å². The highest BCUT2D eigenvalue weighted by Crippen LogP contribution is 2.20. The van der Waals surface area contributed by atoms with E-state index in [2.05, 4.69) is 51.4 Å². The SMILES string of the molecule is CC(Nc1ccnc(N2CCCCC2)n1)c1ccccc1. The van der Waals surface area contributed by atoms with Crippen LogP contribution in [-0.2, 0) is 0 Å². The number of hydrogen-bond acceptors (Lipinski definition) is 4. The molecule has 3 rings (SSSR count). The summed E-state index contributed by atoms with van der Waals surface area (Å²) in [4.78, 5) is 11.4. The summed E-state index contributed by atoms with van der Waals surface area (Å²) < 4.78 is 0. The zero-order valence-corrected chi connectivity index (χ0v) is 12.5. The minimum atomic E-state index is 0.232. The normalized spacial score (nSPS) is 16.5. The number of nitrogens with one attached hydrogen (secondary N) is 1. The minimum absolute atomic E-state index is 0.232. The maximum Gasteiger partial charge on any atom is 0.227 e. The van der Waals surface area contributed by atoms with Crippen LogP contribution >= 0.6 is 0 Å². The average molecular weight is 282 g/mol. The van der Waals surface area contributed by atoms with Gasteiger partial charge in [-0.3, -0.25) is 0 Å². The van der Waals surface area contributed by atoms with Gasteiger partial charge in [0.15, 0.2) is 0 Å². The van der Waals surface area contributed by atoms with Gasteiger partial charge in [-0.05, 0) is 37.8 Å². The highest BCUT2D eigenvalue weighted by molar-refractivity contribution is 5.43. The standard InChI is InChI=1S/C17H22N4/c1-14(15-8-4-2-5-9-15)19-16-10-11-18-17(20-16)21-12-6-3-7-13-21/h2,4-5,8-11,14H,3,6-7,12-13H2,1H3,(H,18,19,20). The van der Waals surface area contributed by atoms with Crippen molar-refractivity contribution in [2.75, 3.05) is 23.3 Å². The molecule has 0 amide bonds. The van der Waals surface area contributed by atoms with Gasteiger partial charge in [-0.25, -0.2) is 4.98 Å². The van der Waals surface area contributed by atoms with Crippen LogP contribution in [0, 0.1) is 0 Å². The molecule has 0 spiro atoms. The third-order valence-electron chi connectivity index (χ3n) is 3.95. The van der Waals surface area contributed by atoms with Crippen molar-refractivity contribution in [1.82, 2.24) is 9.97 Å². The van der Waals surface area contributed by atoms with Crippen LogP contribution in [0.1, 0.15) is 37.8 Å². The summed E-state index contributed by atoms with van der Waals surface area (Å²) in [5, 5.41) is 3.46. The fourth-order valence-electron chi connectivity index (χ4n) is 2.72. The van der Waals surface area contributed by atoms with Crippen LogP contribution in [0.5, 0.6) is 0 Å². The molecule has 1 atom stereocenters. The minimum Gasteiger partial charge on any atom is -0.363 e. The van der Waals surface area contributed by atoms with Gasteiger partial charge in [0.2, 0.25) is 5.95 Å². The Labute approximate surface area is 126 Å². The van der Waals surface area contributed by atoms with Crippen LogP contribution < -0.4 is 10.2 Å².